The standard InChI is InChI=1S/C20H23N3OS/c1-13(2)16-8-5-9-17-18(16)22-20(25-17)23(19(24)14(3)4)12-15-7-6-10-21-11-15/h5-11,13-14H,12H2,1-4H3. The maximum atomic E-state index is 12.8. The summed E-state index contributed by atoms with van der Waals surface area (Å²) < 4.78 is 1.12. The Morgan fingerprint density at radius 3 is 2.60 bits per heavy atom. The molecule has 0 fully saturated rings. The van der Waals surface area contributed by atoms with Crippen LogP contribution in [-0.2, 0) is 11.3 Å². The maximum absolute atomic E-state index is 12.8. The largest absolute Gasteiger partial charge is 0.283 e. The molecule has 0 aliphatic carbocycles. The highest BCUT2D eigenvalue weighted by molar-refractivity contribution is 7.22. The molecule has 4 nitrogen and oxygen atoms in total. The van der Waals surface area contributed by atoms with Crippen molar-refractivity contribution < 1.29 is 4.79 Å². The van der Waals surface area contributed by atoms with Gasteiger partial charge >= 0.3 is 0 Å². The zero-order valence-corrected chi connectivity index (χ0v) is 15.9. The SMILES string of the molecule is CC(C)C(=O)N(Cc1cccnc1)c1nc2c(C(C)C)cccc2s1. The summed E-state index contributed by atoms with van der Waals surface area (Å²) in [7, 11) is 0. The number of para-hydroxylation sites is 1. The second-order valence-corrected chi connectivity index (χ2v) is 7.79. The molecule has 3 rings (SSSR count). The van der Waals surface area contributed by atoms with Gasteiger partial charge in [-0.1, -0.05) is 57.2 Å². The zero-order valence-electron chi connectivity index (χ0n) is 15.1. The summed E-state index contributed by atoms with van der Waals surface area (Å²) in [5, 5.41) is 0.755. The van der Waals surface area contributed by atoms with Gasteiger partial charge in [-0.05, 0) is 29.2 Å². The number of benzene rings is 1. The molecule has 0 aliphatic rings. The molecule has 5 heteroatoms. The van der Waals surface area contributed by atoms with E-state index in [9.17, 15) is 4.79 Å². The summed E-state index contributed by atoms with van der Waals surface area (Å²) in [5.41, 5.74) is 3.23. The molecule has 0 aliphatic heterocycles. The molecule has 25 heavy (non-hydrogen) atoms. The summed E-state index contributed by atoms with van der Waals surface area (Å²) in [6, 6.07) is 10.1. The highest BCUT2D eigenvalue weighted by Crippen LogP contribution is 2.34. The lowest BCUT2D eigenvalue weighted by Crippen LogP contribution is -2.33. The fourth-order valence-corrected chi connectivity index (χ4v) is 3.77. The molecule has 0 saturated heterocycles. The van der Waals surface area contributed by atoms with Crippen LogP contribution in [0.5, 0.6) is 0 Å². The van der Waals surface area contributed by atoms with Crippen LogP contribution in [0.15, 0.2) is 42.7 Å². The summed E-state index contributed by atoms with van der Waals surface area (Å²) in [4.78, 5) is 23.6. The fourth-order valence-electron chi connectivity index (χ4n) is 2.77. The predicted molar refractivity (Wildman–Crippen MR) is 104 cm³/mol. The van der Waals surface area contributed by atoms with Gasteiger partial charge in [-0.3, -0.25) is 14.7 Å². The molecule has 3 aromatic rings. The van der Waals surface area contributed by atoms with Crippen molar-refractivity contribution in [2.24, 2.45) is 5.92 Å². The number of anilines is 1. The van der Waals surface area contributed by atoms with Gasteiger partial charge < -0.3 is 0 Å². The number of thiazole rings is 1. The summed E-state index contributed by atoms with van der Waals surface area (Å²) in [5.74, 6) is 0.383. The highest BCUT2D eigenvalue weighted by atomic mass is 32.1. The number of carbonyl (C=O) groups excluding carboxylic acids is 1. The number of amides is 1. The van der Waals surface area contributed by atoms with E-state index in [4.69, 9.17) is 4.98 Å². The smallest absolute Gasteiger partial charge is 0.231 e. The Hall–Kier alpha value is -2.27. The van der Waals surface area contributed by atoms with Crippen molar-refractivity contribution in [1.29, 1.82) is 0 Å². The van der Waals surface area contributed by atoms with Crippen LogP contribution in [-0.4, -0.2) is 15.9 Å². The van der Waals surface area contributed by atoms with E-state index >= 15 is 0 Å². The van der Waals surface area contributed by atoms with Crippen LogP contribution < -0.4 is 4.90 Å². The lowest BCUT2D eigenvalue weighted by molar-refractivity contribution is -0.121. The van der Waals surface area contributed by atoms with E-state index in [0.717, 1.165) is 20.9 Å². The Labute approximate surface area is 152 Å². The van der Waals surface area contributed by atoms with Gasteiger partial charge in [-0.2, -0.15) is 0 Å². The number of fused-ring (bicyclic) bond motifs is 1. The molecular formula is C20H23N3OS. The third-order valence-electron chi connectivity index (χ3n) is 4.12. The minimum absolute atomic E-state index is 0.0778. The van der Waals surface area contributed by atoms with Crippen LogP contribution in [0.1, 0.15) is 44.7 Å². The van der Waals surface area contributed by atoms with E-state index in [1.165, 1.54) is 5.56 Å². The first-order valence-electron chi connectivity index (χ1n) is 8.57. The lowest BCUT2D eigenvalue weighted by atomic mass is 10.0. The Bertz CT molecular complexity index is 871. The number of nitrogens with zero attached hydrogens (tertiary/aromatic N) is 3. The quantitative estimate of drug-likeness (QED) is 0.648. The number of pyridine rings is 1. The first-order valence-corrected chi connectivity index (χ1v) is 9.38. The van der Waals surface area contributed by atoms with Gasteiger partial charge in [0.15, 0.2) is 5.13 Å². The maximum Gasteiger partial charge on any atom is 0.231 e. The molecule has 0 atom stereocenters. The molecule has 0 N–H and O–H groups in total. The minimum atomic E-state index is -0.0896. The van der Waals surface area contributed by atoms with Crippen molar-refractivity contribution in [3.63, 3.8) is 0 Å². The molecule has 1 amide bonds. The molecular weight excluding hydrogens is 330 g/mol. The third-order valence-corrected chi connectivity index (χ3v) is 5.16. The number of carbonyl (C=O) groups is 1. The van der Waals surface area contributed by atoms with E-state index in [2.05, 4.69) is 37.0 Å². The van der Waals surface area contributed by atoms with Gasteiger partial charge in [0.2, 0.25) is 5.91 Å². The van der Waals surface area contributed by atoms with Crippen molar-refractivity contribution in [3.05, 3.63) is 53.9 Å². The number of hydrogen-bond acceptors (Lipinski definition) is 4. The molecule has 2 heterocycles. The zero-order chi connectivity index (χ0) is 18.0. The third kappa shape index (κ3) is 3.71. The average Bonchev–Trinajstić information content (AvgIpc) is 3.03. The molecule has 0 radical (unpaired) electrons. The average molecular weight is 353 g/mol. The van der Waals surface area contributed by atoms with Crippen LogP contribution in [0.3, 0.4) is 0 Å². The Morgan fingerprint density at radius 1 is 1.16 bits per heavy atom. The predicted octanol–water partition coefficient (Wildman–Crippen LogP) is 5.00. The minimum Gasteiger partial charge on any atom is -0.283 e. The first-order chi connectivity index (χ1) is 12.0. The van der Waals surface area contributed by atoms with Crippen molar-refractivity contribution >= 4 is 32.6 Å². The first kappa shape index (κ1) is 17.5. The normalized spacial score (nSPS) is 11.4. The van der Waals surface area contributed by atoms with Crippen molar-refractivity contribution in [2.75, 3.05) is 4.90 Å². The molecule has 1 aromatic carbocycles. The van der Waals surface area contributed by atoms with Crippen LogP contribution >= 0.6 is 11.3 Å². The molecule has 0 saturated carbocycles. The van der Waals surface area contributed by atoms with Gasteiger partial charge in [0, 0.05) is 18.3 Å². The summed E-state index contributed by atoms with van der Waals surface area (Å²) >= 11 is 1.58. The molecule has 0 unspecified atom stereocenters. The lowest BCUT2D eigenvalue weighted by Gasteiger charge is -2.21. The second-order valence-electron chi connectivity index (χ2n) is 6.79. The molecule has 0 bridgehead atoms. The van der Waals surface area contributed by atoms with Gasteiger partial charge in [0.1, 0.15) is 0 Å². The van der Waals surface area contributed by atoms with Gasteiger partial charge in [0.25, 0.3) is 0 Å². The Kier molecular flexibility index (Phi) is 5.13. The Balaban J connectivity index is 2.05. The van der Waals surface area contributed by atoms with Crippen molar-refractivity contribution in [2.45, 2.75) is 40.2 Å². The molecule has 130 valence electrons. The van der Waals surface area contributed by atoms with Crippen molar-refractivity contribution in [3.8, 4) is 0 Å². The van der Waals surface area contributed by atoms with E-state index in [0.29, 0.717) is 12.5 Å². The Morgan fingerprint density at radius 2 is 1.96 bits per heavy atom. The van der Waals surface area contributed by atoms with Crippen LogP contribution in [0.25, 0.3) is 10.2 Å². The van der Waals surface area contributed by atoms with Gasteiger partial charge in [-0.25, -0.2) is 4.98 Å². The summed E-state index contributed by atoms with van der Waals surface area (Å²) in [6.45, 7) is 8.67. The van der Waals surface area contributed by atoms with Gasteiger partial charge in [0.05, 0.1) is 16.8 Å². The fraction of sp³-hybridized carbons (Fsp3) is 0.350. The van der Waals surface area contributed by atoms with E-state index < -0.39 is 0 Å². The topological polar surface area (TPSA) is 46.1 Å². The number of rotatable bonds is 5. The van der Waals surface area contributed by atoms with Crippen LogP contribution in [0.2, 0.25) is 0 Å². The molecule has 2 aromatic heterocycles. The van der Waals surface area contributed by atoms with Gasteiger partial charge in [-0.15, -0.1) is 0 Å². The van der Waals surface area contributed by atoms with Crippen LogP contribution in [0.4, 0.5) is 5.13 Å². The second kappa shape index (κ2) is 7.31. The van der Waals surface area contributed by atoms with Crippen LogP contribution in [0, 0.1) is 5.92 Å². The van der Waals surface area contributed by atoms with Crippen molar-refractivity contribution in [1.82, 2.24) is 9.97 Å². The summed E-state index contributed by atoms with van der Waals surface area (Å²) in [6.07, 6.45) is 3.54. The molecule has 0 spiro atoms. The number of aromatic nitrogens is 2. The number of hydrogen-bond donors (Lipinski definition) is 0. The van der Waals surface area contributed by atoms with E-state index in [1.807, 2.05) is 26.0 Å². The van der Waals surface area contributed by atoms with E-state index in [-0.39, 0.29) is 11.8 Å². The van der Waals surface area contributed by atoms with E-state index in [1.54, 1.807) is 28.6 Å². The highest BCUT2D eigenvalue weighted by Gasteiger charge is 2.23. The monoisotopic (exact) mass is 353 g/mol.